The molecule has 52 valence electrons. The van der Waals surface area contributed by atoms with Crippen molar-refractivity contribution < 1.29 is 9.84 Å². The molecule has 0 bridgehead atoms. The van der Waals surface area contributed by atoms with Crippen LogP contribution in [0.3, 0.4) is 0 Å². The Kier molecular flexibility index (Phi) is 1.88. The standard InChI is InChI=1S/C7H12O2/c1-3-4-6-7(9-6)5(2)8/h3,5-8H,1,4H2,2H3/t5-,6-,7+/m0/s1. The highest BCUT2D eigenvalue weighted by atomic mass is 16.6. The predicted octanol–water partition coefficient (Wildman–Crippen LogP) is 0.711. The maximum absolute atomic E-state index is 8.93. The van der Waals surface area contributed by atoms with Crippen LogP contribution in [0.1, 0.15) is 13.3 Å². The van der Waals surface area contributed by atoms with Crippen molar-refractivity contribution in [1.29, 1.82) is 0 Å². The van der Waals surface area contributed by atoms with Crippen molar-refractivity contribution >= 4 is 0 Å². The highest BCUT2D eigenvalue weighted by Crippen LogP contribution is 2.28. The van der Waals surface area contributed by atoms with Crippen molar-refractivity contribution in [3.05, 3.63) is 12.7 Å². The molecule has 1 aliphatic heterocycles. The Labute approximate surface area is 55.1 Å². The number of hydrogen-bond acceptors (Lipinski definition) is 2. The van der Waals surface area contributed by atoms with Crippen LogP contribution in [0.25, 0.3) is 0 Å². The molecule has 1 N–H and O–H groups in total. The molecule has 0 amide bonds. The maximum Gasteiger partial charge on any atom is 0.110 e. The molecule has 0 aromatic carbocycles. The van der Waals surface area contributed by atoms with E-state index in [0.717, 1.165) is 6.42 Å². The van der Waals surface area contributed by atoms with Crippen LogP contribution in [0.15, 0.2) is 12.7 Å². The van der Waals surface area contributed by atoms with Gasteiger partial charge in [0.25, 0.3) is 0 Å². The number of ether oxygens (including phenoxy) is 1. The number of rotatable bonds is 3. The molecule has 1 aliphatic rings. The van der Waals surface area contributed by atoms with E-state index in [1.807, 2.05) is 6.08 Å². The van der Waals surface area contributed by atoms with Crippen LogP contribution < -0.4 is 0 Å². The summed E-state index contributed by atoms with van der Waals surface area (Å²) < 4.78 is 5.10. The van der Waals surface area contributed by atoms with E-state index in [9.17, 15) is 0 Å². The van der Waals surface area contributed by atoms with E-state index >= 15 is 0 Å². The van der Waals surface area contributed by atoms with E-state index in [0.29, 0.717) is 0 Å². The van der Waals surface area contributed by atoms with Gasteiger partial charge in [0.05, 0.1) is 12.2 Å². The van der Waals surface area contributed by atoms with E-state index in [4.69, 9.17) is 9.84 Å². The monoisotopic (exact) mass is 128 g/mol. The molecule has 0 saturated carbocycles. The van der Waals surface area contributed by atoms with Crippen molar-refractivity contribution in [2.24, 2.45) is 0 Å². The molecule has 0 aromatic heterocycles. The Balaban J connectivity index is 2.16. The van der Waals surface area contributed by atoms with Crippen molar-refractivity contribution in [3.63, 3.8) is 0 Å². The lowest BCUT2D eigenvalue weighted by atomic mass is 10.2. The lowest BCUT2D eigenvalue weighted by Gasteiger charge is -1.93. The summed E-state index contributed by atoms with van der Waals surface area (Å²) in [6, 6.07) is 0. The highest BCUT2D eigenvalue weighted by molar-refractivity contribution is 4.92. The average Bonchev–Trinajstić information content (AvgIpc) is 2.47. The fourth-order valence-corrected chi connectivity index (χ4v) is 0.935. The molecule has 1 rings (SSSR count). The molecule has 0 spiro atoms. The van der Waals surface area contributed by atoms with Gasteiger partial charge in [0.15, 0.2) is 0 Å². The predicted molar refractivity (Wildman–Crippen MR) is 35.2 cm³/mol. The molecule has 3 atom stereocenters. The van der Waals surface area contributed by atoms with Gasteiger partial charge in [0.2, 0.25) is 0 Å². The second kappa shape index (κ2) is 2.50. The normalized spacial score (nSPS) is 35.8. The lowest BCUT2D eigenvalue weighted by molar-refractivity contribution is 0.152. The number of hydrogen-bond donors (Lipinski definition) is 1. The van der Waals surface area contributed by atoms with E-state index in [-0.39, 0.29) is 18.3 Å². The maximum atomic E-state index is 8.93. The van der Waals surface area contributed by atoms with E-state index in [1.54, 1.807) is 6.92 Å². The Hall–Kier alpha value is -0.340. The third-order valence-corrected chi connectivity index (χ3v) is 1.50. The van der Waals surface area contributed by atoms with Crippen molar-refractivity contribution in [3.8, 4) is 0 Å². The largest absolute Gasteiger partial charge is 0.391 e. The van der Waals surface area contributed by atoms with Crippen molar-refractivity contribution in [2.45, 2.75) is 31.7 Å². The smallest absolute Gasteiger partial charge is 0.110 e. The van der Waals surface area contributed by atoms with Crippen LogP contribution in [0.2, 0.25) is 0 Å². The van der Waals surface area contributed by atoms with Gasteiger partial charge in [-0.1, -0.05) is 6.08 Å². The third-order valence-electron chi connectivity index (χ3n) is 1.50. The van der Waals surface area contributed by atoms with Gasteiger partial charge >= 0.3 is 0 Å². The Morgan fingerprint density at radius 3 is 2.89 bits per heavy atom. The van der Waals surface area contributed by atoms with Gasteiger partial charge < -0.3 is 9.84 Å². The molecule has 0 aliphatic carbocycles. The Morgan fingerprint density at radius 2 is 2.56 bits per heavy atom. The fourth-order valence-electron chi connectivity index (χ4n) is 0.935. The van der Waals surface area contributed by atoms with Gasteiger partial charge in [0, 0.05) is 0 Å². The lowest BCUT2D eigenvalue weighted by Crippen LogP contribution is -2.11. The third kappa shape index (κ3) is 1.53. The Bertz CT molecular complexity index is 109. The number of aliphatic hydroxyl groups excluding tert-OH is 1. The molecule has 0 aromatic rings. The van der Waals surface area contributed by atoms with Gasteiger partial charge in [-0.3, -0.25) is 0 Å². The summed E-state index contributed by atoms with van der Waals surface area (Å²) in [5, 5.41) is 8.93. The number of aliphatic hydroxyl groups is 1. The topological polar surface area (TPSA) is 32.8 Å². The summed E-state index contributed by atoms with van der Waals surface area (Å²) in [6.45, 7) is 5.32. The van der Waals surface area contributed by atoms with E-state index in [1.165, 1.54) is 0 Å². The van der Waals surface area contributed by atoms with Gasteiger partial charge in [-0.25, -0.2) is 0 Å². The minimum atomic E-state index is -0.324. The fraction of sp³-hybridized carbons (Fsp3) is 0.714. The Morgan fingerprint density at radius 1 is 1.89 bits per heavy atom. The molecule has 2 heteroatoms. The minimum Gasteiger partial charge on any atom is -0.391 e. The minimum absolute atomic E-state index is 0.0722. The molecule has 9 heavy (non-hydrogen) atoms. The van der Waals surface area contributed by atoms with Crippen LogP contribution in [-0.2, 0) is 4.74 Å². The summed E-state index contributed by atoms with van der Waals surface area (Å²) in [6.07, 6.45) is 2.66. The van der Waals surface area contributed by atoms with Crippen LogP contribution in [0.4, 0.5) is 0 Å². The first-order valence-corrected chi connectivity index (χ1v) is 3.20. The SMILES string of the molecule is C=CC[C@@H]1O[C@@H]1[C@H](C)O. The summed E-state index contributed by atoms with van der Waals surface area (Å²) in [5.74, 6) is 0. The zero-order valence-electron chi connectivity index (χ0n) is 5.58. The zero-order chi connectivity index (χ0) is 6.85. The molecule has 1 heterocycles. The van der Waals surface area contributed by atoms with Gasteiger partial charge in [-0.15, -0.1) is 6.58 Å². The van der Waals surface area contributed by atoms with Gasteiger partial charge in [0.1, 0.15) is 6.10 Å². The molecule has 0 radical (unpaired) electrons. The summed E-state index contributed by atoms with van der Waals surface area (Å²) >= 11 is 0. The molecular weight excluding hydrogens is 116 g/mol. The summed E-state index contributed by atoms with van der Waals surface area (Å²) in [5.41, 5.74) is 0. The molecule has 1 fully saturated rings. The van der Waals surface area contributed by atoms with Gasteiger partial charge in [-0.2, -0.15) is 0 Å². The first-order chi connectivity index (χ1) is 4.25. The van der Waals surface area contributed by atoms with Crippen molar-refractivity contribution in [1.82, 2.24) is 0 Å². The van der Waals surface area contributed by atoms with Crippen LogP contribution in [0, 0.1) is 0 Å². The summed E-state index contributed by atoms with van der Waals surface area (Å²) in [4.78, 5) is 0. The number of epoxide rings is 1. The van der Waals surface area contributed by atoms with Crippen LogP contribution >= 0.6 is 0 Å². The average molecular weight is 128 g/mol. The second-order valence-electron chi connectivity index (χ2n) is 2.40. The molecule has 2 nitrogen and oxygen atoms in total. The highest BCUT2D eigenvalue weighted by Gasteiger charge is 2.40. The van der Waals surface area contributed by atoms with Crippen LogP contribution in [-0.4, -0.2) is 23.4 Å². The first-order valence-electron chi connectivity index (χ1n) is 3.20. The first kappa shape index (κ1) is 6.78. The van der Waals surface area contributed by atoms with Gasteiger partial charge in [-0.05, 0) is 13.3 Å². The summed E-state index contributed by atoms with van der Waals surface area (Å²) in [7, 11) is 0. The molecular formula is C7H12O2. The molecule has 0 unspecified atom stereocenters. The second-order valence-corrected chi connectivity index (χ2v) is 2.40. The zero-order valence-corrected chi connectivity index (χ0v) is 5.58. The quantitative estimate of drug-likeness (QED) is 0.448. The van der Waals surface area contributed by atoms with E-state index in [2.05, 4.69) is 6.58 Å². The molecule has 1 saturated heterocycles. The van der Waals surface area contributed by atoms with E-state index < -0.39 is 0 Å². The van der Waals surface area contributed by atoms with Crippen LogP contribution in [0.5, 0.6) is 0 Å². The van der Waals surface area contributed by atoms with Crippen molar-refractivity contribution in [2.75, 3.05) is 0 Å².